The van der Waals surface area contributed by atoms with Crippen molar-refractivity contribution in [3.63, 3.8) is 0 Å². The minimum atomic E-state index is 0.351. The van der Waals surface area contributed by atoms with Gasteiger partial charge in [0, 0.05) is 26.2 Å². The Morgan fingerprint density at radius 1 is 1.32 bits per heavy atom. The zero-order valence-electron chi connectivity index (χ0n) is 10.7. The van der Waals surface area contributed by atoms with Gasteiger partial charge in [-0.3, -0.25) is 4.68 Å². The highest BCUT2D eigenvalue weighted by atomic mass is 35.5. The zero-order chi connectivity index (χ0) is 13.0. The van der Waals surface area contributed by atoms with E-state index in [2.05, 4.69) is 15.0 Å². The summed E-state index contributed by atoms with van der Waals surface area (Å²) in [7, 11) is 1.88. The number of aromatic nitrogens is 3. The van der Waals surface area contributed by atoms with E-state index in [-0.39, 0.29) is 0 Å². The first kappa shape index (κ1) is 11.5. The number of fused-ring (bicyclic) bond motifs is 3. The van der Waals surface area contributed by atoms with E-state index in [0.29, 0.717) is 17.2 Å². The molecule has 5 nitrogen and oxygen atoms in total. The normalized spacial score (nSPS) is 26.3. The summed E-state index contributed by atoms with van der Waals surface area (Å²) in [4.78, 5) is 6.96. The van der Waals surface area contributed by atoms with Gasteiger partial charge in [0.25, 0.3) is 0 Å². The number of halogens is 1. The van der Waals surface area contributed by atoms with Crippen molar-refractivity contribution in [1.82, 2.24) is 14.8 Å². The van der Waals surface area contributed by atoms with Crippen molar-refractivity contribution in [2.45, 2.75) is 25.0 Å². The van der Waals surface area contributed by atoms with Gasteiger partial charge in [-0.1, -0.05) is 11.6 Å². The topological polar surface area (TPSA) is 43.2 Å². The number of pyridine rings is 1. The van der Waals surface area contributed by atoms with Gasteiger partial charge in [-0.05, 0) is 12.8 Å². The fraction of sp³-hybridized carbons (Fsp3) is 0.538. The van der Waals surface area contributed by atoms with Crippen molar-refractivity contribution in [3.8, 4) is 0 Å². The number of rotatable bonds is 1. The summed E-state index contributed by atoms with van der Waals surface area (Å²) in [6.45, 7) is 1.82. The molecule has 0 amide bonds. The van der Waals surface area contributed by atoms with E-state index in [4.69, 9.17) is 16.3 Å². The average Bonchev–Trinajstić information content (AvgIpc) is 2.93. The molecule has 2 aliphatic rings. The summed E-state index contributed by atoms with van der Waals surface area (Å²) in [5.74, 6) is 0.936. The zero-order valence-corrected chi connectivity index (χ0v) is 11.5. The van der Waals surface area contributed by atoms with Crippen LogP contribution in [0.5, 0.6) is 0 Å². The van der Waals surface area contributed by atoms with Gasteiger partial charge >= 0.3 is 0 Å². The maximum atomic E-state index is 6.36. The summed E-state index contributed by atoms with van der Waals surface area (Å²) in [5.41, 5.74) is 1.74. The Hall–Kier alpha value is -1.33. The lowest BCUT2D eigenvalue weighted by Gasteiger charge is -2.33. The molecule has 6 heteroatoms. The molecule has 2 fully saturated rings. The van der Waals surface area contributed by atoms with E-state index < -0.39 is 0 Å². The molecular formula is C13H15ClN4O. The molecule has 2 atom stereocenters. The first-order chi connectivity index (χ1) is 9.20. The van der Waals surface area contributed by atoms with Gasteiger partial charge in [0.05, 0.1) is 23.4 Å². The predicted molar refractivity (Wildman–Crippen MR) is 73.6 cm³/mol. The van der Waals surface area contributed by atoms with Crippen LogP contribution in [0.3, 0.4) is 0 Å². The van der Waals surface area contributed by atoms with Crippen molar-refractivity contribution in [2.24, 2.45) is 7.05 Å². The van der Waals surface area contributed by atoms with Gasteiger partial charge in [-0.25, -0.2) is 4.98 Å². The Morgan fingerprint density at radius 3 is 2.79 bits per heavy atom. The molecule has 2 aliphatic heterocycles. The third-order valence-corrected chi connectivity index (χ3v) is 4.29. The van der Waals surface area contributed by atoms with Crippen LogP contribution in [0.2, 0.25) is 5.02 Å². The molecule has 0 saturated carbocycles. The third kappa shape index (κ3) is 1.80. The molecule has 4 rings (SSSR count). The van der Waals surface area contributed by atoms with Gasteiger partial charge in [-0.15, -0.1) is 0 Å². The number of nitrogens with zero attached hydrogens (tertiary/aromatic N) is 4. The molecule has 2 aromatic rings. The van der Waals surface area contributed by atoms with Crippen LogP contribution < -0.4 is 4.90 Å². The first-order valence-corrected chi connectivity index (χ1v) is 6.97. The first-order valence-electron chi connectivity index (χ1n) is 6.59. The minimum absolute atomic E-state index is 0.351. The van der Waals surface area contributed by atoms with Crippen molar-refractivity contribution in [1.29, 1.82) is 0 Å². The molecule has 100 valence electrons. The van der Waals surface area contributed by atoms with E-state index >= 15 is 0 Å². The molecule has 2 bridgehead atoms. The smallest absolute Gasteiger partial charge is 0.131 e. The lowest BCUT2D eigenvalue weighted by molar-refractivity contribution is 0.0302. The van der Waals surface area contributed by atoms with Gasteiger partial charge in [-0.2, -0.15) is 5.10 Å². The van der Waals surface area contributed by atoms with Crippen molar-refractivity contribution < 1.29 is 4.74 Å². The van der Waals surface area contributed by atoms with E-state index in [1.807, 2.05) is 13.1 Å². The van der Waals surface area contributed by atoms with Crippen LogP contribution in [0.4, 0.5) is 5.82 Å². The summed E-state index contributed by atoms with van der Waals surface area (Å²) >= 11 is 6.36. The molecule has 4 heterocycles. The third-order valence-electron chi connectivity index (χ3n) is 4.00. The largest absolute Gasteiger partial charge is 0.371 e. The maximum Gasteiger partial charge on any atom is 0.131 e. The summed E-state index contributed by atoms with van der Waals surface area (Å²) < 4.78 is 7.61. The van der Waals surface area contributed by atoms with Crippen molar-refractivity contribution in [3.05, 3.63) is 17.3 Å². The molecule has 0 N–H and O–H groups in total. The molecule has 0 aromatic carbocycles. The summed E-state index contributed by atoms with van der Waals surface area (Å²) in [5, 5.41) is 4.92. The fourth-order valence-electron chi connectivity index (χ4n) is 3.09. The highest BCUT2D eigenvalue weighted by Crippen LogP contribution is 2.32. The monoisotopic (exact) mass is 278 g/mol. The lowest BCUT2D eigenvalue weighted by Crippen LogP contribution is -2.43. The second-order valence-electron chi connectivity index (χ2n) is 5.33. The van der Waals surface area contributed by atoms with Crippen molar-refractivity contribution in [2.75, 3.05) is 18.0 Å². The summed E-state index contributed by atoms with van der Waals surface area (Å²) in [6.07, 6.45) is 4.78. The van der Waals surface area contributed by atoms with Crippen LogP contribution in [0, 0.1) is 0 Å². The Balaban J connectivity index is 1.75. The van der Waals surface area contributed by atoms with Gasteiger partial charge < -0.3 is 9.64 Å². The van der Waals surface area contributed by atoms with E-state index in [1.54, 1.807) is 10.9 Å². The van der Waals surface area contributed by atoms with E-state index in [0.717, 1.165) is 42.8 Å². The Morgan fingerprint density at radius 2 is 2.05 bits per heavy atom. The Kier molecular flexibility index (Phi) is 2.47. The van der Waals surface area contributed by atoms with Gasteiger partial charge in [0.15, 0.2) is 0 Å². The van der Waals surface area contributed by atoms with E-state index in [1.165, 1.54) is 0 Å². The van der Waals surface area contributed by atoms with Crippen LogP contribution in [0.25, 0.3) is 11.0 Å². The molecule has 2 saturated heterocycles. The van der Waals surface area contributed by atoms with Gasteiger partial charge in [0.1, 0.15) is 16.9 Å². The second kappa shape index (κ2) is 4.08. The van der Waals surface area contributed by atoms with Crippen LogP contribution >= 0.6 is 11.6 Å². The number of aryl methyl sites for hydroxylation is 1. The SMILES string of the molecule is Cn1ncc2nc(N3CC4CCC(C3)O4)cc(Cl)c21. The molecule has 0 spiro atoms. The van der Waals surface area contributed by atoms with E-state index in [9.17, 15) is 0 Å². The number of hydrogen-bond acceptors (Lipinski definition) is 4. The minimum Gasteiger partial charge on any atom is -0.371 e. The van der Waals surface area contributed by atoms with Crippen LogP contribution in [-0.4, -0.2) is 40.1 Å². The quantitative estimate of drug-likeness (QED) is 0.800. The highest BCUT2D eigenvalue weighted by Gasteiger charge is 2.34. The lowest BCUT2D eigenvalue weighted by atomic mass is 10.2. The number of morpholine rings is 1. The Bertz CT molecular complexity index is 629. The predicted octanol–water partition coefficient (Wildman–Crippen LogP) is 1.99. The van der Waals surface area contributed by atoms with Gasteiger partial charge in [0.2, 0.25) is 0 Å². The second-order valence-corrected chi connectivity index (χ2v) is 5.73. The maximum absolute atomic E-state index is 6.36. The number of anilines is 1. The van der Waals surface area contributed by atoms with Crippen LogP contribution in [0.15, 0.2) is 12.3 Å². The average molecular weight is 279 g/mol. The van der Waals surface area contributed by atoms with Crippen LogP contribution in [0.1, 0.15) is 12.8 Å². The van der Waals surface area contributed by atoms with Crippen molar-refractivity contribution >= 4 is 28.5 Å². The molecule has 2 aromatic heterocycles. The molecule has 19 heavy (non-hydrogen) atoms. The Labute approximate surface area is 116 Å². The molecule has 2 unspecified atom stereocenters. The highest BCUT2D eigenvalue weighted by molar-refractivity contribution is 6.35. The molecule has 0 aliphatic carbocycles. The fourth-order valence-corrected chi connectivity index (χ4v) is 3.40. The summed E-state index contributed by atoms with van der Waals surface area (Å²) in [6, 6.07) is 1.94. The molecular weight excluding hydrogens is 264 g/mol. The number of ether oxygens (including phenoxy) is 1. The number of hydrogen-bond donors (Lipinski definition) is 0. The standard InChI is InChI=1S/C13H15ClN4O/c1-17-13-10(14)4-12(16-11(13)5-15-17)18-6-8-2-3-9(7-18)19-8/h4-5,8-9H,2-3,6-7H2,1H3. The molecule has 0 radical (unpaired) electrons. The van der Waals surface area contributed by atoms with Crippen LogP contribution in [-0.2, 0) is 11.8 Å².